The Morgan fingerprint density at radius 3 is 2.46 bits per heavy atom. The number of rotatable bonds is 6. The van der Waals surface area contributed by atoms with Crippen molar-refractivity contribution in [3.63, 3.8) is 0 Å². The van der Waals surface area contributed by atoms with Crippen LogP contribution in [-0.2, 0) is 0 Å². The van der Waals surface area contributed by atoms with Crippen molar-refractivity contribution in [3.8, 4) is 34.8 Å². The number of allylic oxidation sites excluding steroid dienone is 1. The second-order valence-electron chi connectivity index (χ2n) is 5.14. The monoisotopic (exact) mass is 368 g/mol. The Morgan fingerprint density at radius 1 is 1.19 bits per heavy atom. The highest BCUT2D eigenvalue weighted by molar-refractivity contribution is 7.11. The molecule has 3 aromatic rings. The summed E-state index contributed by atoms with van der Waals surface area (Å²) in [5.74, 6) is 2.20. The molecule has 0 aliphatic rings. The zero-order valence-electron chi connectivity index (χ0n) is 14.5. The number of thiazole rings is 1. The van der Waals surface area contributed by atoms with Crippen LogP contribution in [0.1, 0.15) is 10.6 Å². The highest BCUT2D eigenvalue weighted by Crippen LogP contribution is 2.39. The molecule has 0 bridgehead atoms. The Morgan fingerprint density at radius 2 is 1.92 bits per heavy atom. The first-order chi connectivity index (χ1) is 12.7. The van der Waals surface area contributed by atoms with Crippen molar-refractivity contribution in [1.29, 1.82) is 5.26 Å². The van der Waals surface area contributed by atoms with Crippen molar-refractivity contribution >= 4 is 23.0 Å². The third kappa shape index (κ3) is 3.41. The van der Waals surface area contributed by atoms with Crippen LogP contribution < -0.4 is 14.2 Å². The molecule has 1 aromatic carbocycles. The molecule has 0 aliphatic heterocycles. The summed E-state index contributed by atoms with van der Waals surface area (Å²) < 4.78 is 21.4. The molecule has 0 aliphatic carbocycles. The van der Waals surface area contributed by atoms with Crippen molar-refractivity contribution in [2.24, 2.45) is 0 Å². The van der Waals surface area contributed by atoms with E-state index in [9.17, 15) is 5.26 Å². The lowest BCUT2D eigenvalue weighted by Gasteiger charge is -2.13. The fraction of sp³-hybridized carbons (Fsp3) is 0.158. The fourth-order valence-corrected chi connectivity index (χ4v) is 3.20. The molecule has 0 saturated heterocycles. The molecule has 2 heterocycles. The van der Waals surface area contributed by atoms with Crippen molar-refractivity contribution in [2.45, 2.75) is 0 Å². The van der Waals surface area contributed by atoms with Gasteiger partial charge in [0.05, 0.1) is 33.2 Å². The SMILES string of the molecule is COc1cc(/C=C(\C#N)c2nc(-c3ccco3)cs2)cc(OC)c1OC. The second-order valence-corrected chi connectivity index (χ2v) is 6.00. The Hall–Kier alpha value is -3.24. The molecule has 6 nitrogen and oxygen atoms in total. The first-order valence-electron chi connectivity index (χ1n) is 7.61. The normalized spacial score (nSPS) is 11.1. The summed E-state index contributed by atoms with van der Waals surface area (Å²) in [5.41, 5.74) is 1.87. The molecule has 0 radical (unpaired) electrons. The maximum Gasteiger partial charge on any atom is 0.203 e. The summed E-state index contributed by atoms with van der Waals surface area (Å²) in [6, 6.07) is 9.37. The van der Waals surface area contributed by atoms with Gasteiger partial charge in [-0.05, 0) is 35.9 Å². The number of methoxy groups -OCH3 is 3. The maximum atomic E-state index is 9.57. The maximum absolute atomic E-state index is 9.57. The molecule has 2 aromatic heterocycles. The van der Waals surface area contributed by atoms with E-state index in [1.54, 1.807) is 51.9 Å². The average Bonchev–Trinajstić information content (AvgIpc) is 3.36. The van der Waals surface area contributed by atoms with Crippen molar-refractivity contribution in [1.82, 2.24) is 4.98 Å². The van der Waals surface area contributed by atoms with Crippen LogP contribution in [0.2, 0.25) is 0 Å². The molecule has 0 fully saturated rings. The molecule has 0 unspecified atom stereocenters. The van der Waals surface area contributed by atoms with E-state index < -0.39 is 0 Å². The highest BCUT2D eigenvalue weighted by atomic mass is 32.1. The third-order valence-electron chi connectivity index (χ3n) is 3.63. The lowest BCUT2D eigenvalue weighted by molar-refractivity contribution is 0.324. The molecule has 7 heteroatoms. The first kappa shape index (κ1) is 17.6. The van der Waals surface area contributed by atoms with E-state index in [1.807, 2.05) is 11.4 Å². The third-order valence-corrected chi connectivity index (χ3v) is 4.50. The summed E-state index contributed by atoms with van der Waals surface area (Å²) in [6.45, 7) is 0. The molecule has 0 atom stereocenters. The van der Waals surface area contributed by atoms with Crippen LogP contribution in [0.5, 0.6) is 17.2 Å². The molecule has 3 rings (SSSR count). The van der Waals surface area contributed by atoms with E-state index in [-0.39, 0.29) is 0 Å². The van der Waals surface area contributed by atoms with Gasteiger partial charge in [-0.3, -0.25) is 0 Å². The largest absolute Gasteiger partial charge is 0.493 e. The molecule has 0 spiro atoms. The average molecular weight is 368 g/mol. The van der Waals surface area contributed by atoms with Gasteiger partial charge in [0, 0.05) is 5.38 Å². The van der Waals surface area contributed by atoms with Gasteiger partial charge in [-0.2, -0.15) is 5.26 Å². The quantitative estimate of drug-likeness (QED) is 0.597. The predicted molar refractivity (Wildman–Crippen MR) is 99.4 cm³/mol. The Balaban J connectivity index is 2.01. The number of hydrogen-bond donors (Lipinski definition) is 0. The number of hydrogen-bond acceptors (Lipinski definition) is 7. The van der Waals surface area contributed by atoms with Crippen molar-refractivity contribution in [2.75, 3.05) is 21.3 Å². The lowest BCUT2D eigenvalue weighted by atomic mass is 10.1. The van der Waals surface area contributed by atoms with E-state index >= 15 is 0 Å². The van der Waals surface area contributed by atoms with E-state index in [1.165, 1.54) is 11.3 Å². The Bertz CT molecular complexity index is 943. The van der Waals surface area contributed by atoms with Crippen LogP contribution in [0, 0.1) is 11.3 Å². The zero-order valence-corrected chi connectivity index (χ0v) is 15.3. The molecule has 26 heavy (non-hydrogen) atoms. The van der Waals surface area contributed by atoms with Gasteiger partial charge in [0.15, 0.2) is 17.3 Å². The minimum absolute atomic E-state index is 0.432. The summed E-state index contributed by atoms with van der Waals surface area (Å²) in [7, 11) is 4.64. The number of nitriles is 1. The van der Waals surface area contributed by atoms with Gasteiger partial charge in [-0.15, -0.1) is 11.3 Å². The number of furan rings is 1. The van der Waals surface area contributed by atoms with E-state index in [0.717, 1.165) is 5.56 Å². The summed E-state index contributed by atoms with van der Waals surface area (Å²) in [5, 5.41) is 12.0. The first-order valence-corrected chi connectivity index (χ1v) is 8.49. The lowest BCUT2D eigenvalue weighted by Crippen LogP contribution is -1.95. The zero-order chi connectivity index (χ0) is 18.5. The van der Waals surface area contributed by atoms with E-state index in [0.29, 0.717) is 39.3 Å². The van der Waals surface area contributed by atoms with Gasteiger partial charge in [-0.1, -0.05) is 0 Å². The number of nitrogens with zero attached hydrogens (tertiary/aromatic N) is 2. The molecular formula is C19H16N2O4S. The molecule has 132 valence electrons. The summed E-state index contributed by atoms with van der Waals surface area (Å²) in [6.07, 6.45) is 3.32. The number of aromatic nitrogens is 1. The minimum atomic E-state index is 0.432. The molecular weight excluding hydrogens is 352 g/mol. The number of benzene rings is 1. The topological polar surface area (TPSA) is 77.5 Å². The second kappa shape index (κ2) is 7.76. The van der Waals surface area contributed by atoms with Gasteiger partial charge < -0.3 is 18.6 Å². The molecule has 0 amide bonds. The van der Waals surface area contributed by atoms with Crippen LogP contribution in [0.25, 0.3) is 23.1 Å². The van der Waals surface area contributed by atoms with Crippen molar-refractivity contribution in [3.05, 3.63) is 46.5 Å². The Kier molecular flexibility index (Phi) is 5.25. The van der Waals surface area contributed by atoms with Crippen molar-refractivity contribution < 1.29 is 18.6 Å². The standard InChI is InChI=1S/C19H16N2O4S/c1-22-16-8-12(9-17(23-2)18(16)24-3)7-13(10-20)19-21-14(11-26-19)15-5-4-6-25-15/h4-9,11H,1-3H3/b13-7+. The summed E-state index contributed by atoms with van der Waals surface area (Å²) >= 11 is 1.38. The van der Waals surface area contributed by atoms with Gasteiger partial charge in [-0.25, -0.2) is 4.98 Å². The molecule has 0 saturated carbocycles. The van der Waals surface area contributed by atoms with Crippen LogP contribution in [0.4, 0.5) is 0 Å². The van der Waals surface area contributed by atoms with Crippen LogP contribution >= 0.6 is 11.3 Å². The number of ether oxygens (including phenoxy) is 3. The smallest absolute Gasteiger partial charge is 0.203 e. The van der Waals surface area contributed by atoms with Gasteiger partial charge >= 0.3 is 0 Å². The van der Waals surface area contributed by atoms with Gasteiger partial charge in [0.25, 0.3) is 0 Å². The fourth-order valence-electron chi connectivity index (χ4n) is 2.43. The van der Waals surface area contributed by atoms with E-state index in [4.69, 9.17) is 18.6 Å². The molecule has 0 N–H and O–H groups in total. The summed E-state index contributed by atoms with van der Waals surface area (Å²) in [4.78, 5) is 4.49. The predicted octanol–water partition coefficient (Wildman–Crippen LogP) is 4.49. The van der Waals surface area contributed by atoms with Crippen LogP contribution in [0.15, 0.2) is 40.3 Å². The van der Waals surface area contributed by atoms with Gasteiger partial charge in [0.1, 0.15) is 16.8 Å². The Labute approximate surface area is 154 Å². The van der Waals surface area contributed by atoms with Crippen LogP contribution in [-0.4, -0.2) is 26.3 Å². The highest BCUT2D eigenvalue weighted by Gasteiger charge is 2.14. The van der Waals surface area contributed by atoms with Crippen LogP contribution in [0.3, 0.4) is 0 Å². The minimum Gasteiger partial charge on any atom is -0.493 e. The van der Waals surface area contributed by atoms with Gasteiger partial charge in [0.2, 0.25) is 5.75 Å². The van der Waals surface area contributed by atoms with E-state index in [2.05, 4.69) is 11.1 Å².